The highest BCUT2D eigenvalue weighted by atomic mass is 16.2. The predicted octanol–water partition coefficient (Wildman–Crippen LogP) is 3.97. The molecule has 1 N–H and O–H groups in total. The van der Waals surface area contributed by atoms with Crippen LogP contribution in [0, 0.1) is 0 Å². The molecule has 0 radical (unpaired) electrons. The molecule has 1 aliphatic carbocycles. The molecular formula is C29H35N3O4. The lowest BCUT2D eigenvalue weighted by molar-refractivity contribution is -0.140. The van der Waals surface area contributed by atoms with Gasteiger partial charge in [0.2, 0.25) is 11.8 Å². The Labute approximate surface area is 212 Å². The fourth-order valence-electron chi connectivity index (χ4n) is 5.11. The standard InChI is InChI=1S/C29H35N3O4/c1-21(27(34)30-23-13-6-3-7-14-23)31(20-18-22-11-4-2-5-12-22)26(33)17-10-19-32-28(35)24-15-8-9-16-25(24)29(32)36/h2,4-5,8-9,11-12,15-16,21,23H,3,6-7,10,13-14,17-20H2,1H3,(H,30,34)/t21-/m0/s1. The molecule has 1 fully saturated rings. The summed E-state index contributed by atoms with van der Waals surface area (Å²) in [5, 5.41) is 3.14. The number of amides is 4. The summed E-state index contributed by atoms with van der Waals surface area (Å²) in [5.41, 5.74) is 1.92. The van der Waals surface area contributed by atoms with Crippen molar-refractivity contribution in [2.45, 2.75) is 70.4 Å². The Balaban J connectivity index is 1.37. The van der Waals surface area contributed by atoms with Crippen LogP contribution in [0.15, 0.2) is 54.6 Å². The Hall–Kier alpha value is -3.48. The van der Waals surface area contributed by atoms with Crippen molar-refractivity contribution in [1.29, 1.82) is 0 Å². The SMILES string of the molecule is C[C@@H](C(=O)NC1CCCCC1)N(CCc1ccccc1)C(=O)CCCN1C(=O)c2ccccc2C1=O. The maximum atomic E-state index is 13.3. The number of fused-ring (bicyclic) bond motifs is 1. The molecule has 7 heteroatoms. The molecule has 4 amide bonds. The molecule has 2 aromatic rings. The summed E-state index contributed by atoms with van der Waals surface area (Å²) in [6.07, 6.45) is 6.56. The Morgan fingerprint density at radius 1 is 0.944 bits per heavy atom. The average Bonchev–Trinajstić information content (AvgIpc) is 3.15. The molecule has 0 unspecified atom stereocenters. The van der Waals surface area contributed by atoms with E-state index < -0.39 is 6.04 Å². The van der Waals surface area contributed by atoms with Crippen LogP contribution in [0.1, 0.15) is 78.1 Å². The Bertz CT molecular complexity index is 1060. The Morgan fingerprint density at radius 3 is 2.19 bits per heavy atom. The van der Waals surface area contributed by atoms with E-state index in [4.69, 9.17) is 0 Å². The third-order valence-corrected chi connectivity index (χ3v) is 7.25. The molecule has 0 aromatic heterocycles. The van der Waals surface area contributed by atoms with Crippen molar-refractivity contribution >= 4 is 23.6 Å². The van der Waals surface area contributed by atoms with Crippen molar-refractivity contribution in [1.82, 2.24) is 15.1 Å². The summed E-state index contributed by atoms with van der Waals surface area (Å²) < 4.78 is 0. The van der Waals surface area contributed by atoms with E-state index in [9.17, 15) is 19.2 Å². The van der Waals surface area contributed by atoms with E-state index >= 15 is 0 Å². The summed E-state index contributed by atoms with van der Waals surface area (Å²) in [6, 6.07) is 16.3. The van der Waals surface area contributed by atoms with Gasteiger partial charge in [0.25, 0.3) is 11.8 Å². The fraction of sp³-hybridized carbons (Fsp3) is 0.448. The smallest absolute Gasteiger partial charge is 0.261 e. The third kappa shape index (κ3) is 6.01. The summed E-state index contributed by atoms with van der Waals surface area (Å²) in [7, 11) is 0. The molecule has 7 nitrogen and oxygen atoms in total. The first kappa shape index (κ1) is 25.6. The van der Waals surface area contributed by atoms with Crippen molar-refractivity contribution < 1.29 is 19.2 Å². The third-order valence-electron chi connectivity index (χ3n) is 7.25. The van der Waals surface area contributed by atoms with Crippen LogP contribution >= 0.6 is 0 Å². The second kappa shape index (κ2) is 12.0. The molecule has 36 heavy (non-hydrogen) atoms. The number of nitrogens with zero attached hydrogens (tertiary/aromatic N) is 2. The summed E-state index contributed by atoms with van der Waals surface area (Å²) in [6.45, 7) is 2.38. The van der Waals surface area contributed by atoms with Gasteiger partial charge in [-0.2, -0.15) is 0 Å². The molecule has 0 saturated heterocycles. The molecule has 2 aliphatic rings. The van der Waals surface area contributed by atoms with Crippen molar-refractivity contribution in [2.75, 3.05) is 13.1 Å². The molecule has 190 valence electrons. The normalized spacial score (nSPS) is 16.5. The predicted molar refractivity (Wildman–Crippen MR) is 137 cm³/mol. The van der Waals surface area contributed by atoms with Gasteiger partial charge in [-0.15, -0.1) is 0 Å². The minimum absolute atomic E-state index is 0.122. The van der Waals surface area contributed by atoms with E-state index in [0.29, 0.717) is 30.5 Å². The number of rotatable bonds is 10. The van der Waals surface area contributed by atoms with E-state index in [1.165, 1.54) is 11.3 Å². The van der Waals surface area contributed by atoms with Crippen LogP contribution in [0.3, 0.4) is 0 Å². The van der Waals surface area contributed by atoms with Crippen LogP contribution in [0.5, 0.6) is 0 Å². The Kier molecular flexibility index (Phi) is 8.52. The van der Waals surface area contributed by atoms with Crippen LogP contribution in [-0.2, 0) is 16.0 Å². The topological polar surface area (TPSA) is 86.8 Å². The molecule has 0 bridgehead atoms. The minimum Gasteiger partial charge on any atom is -0.352 e. The van der Waals surface area contributed by atoms with E-state index in [0.717, 1.165) is 31.2 Å². The van der Waals surface area contributed by atoms with E-state index in [-0.39, 0.29) is 42.6 Å². The van der Waals surface area contributed by atoms with Crippen molar-refractivity contribution in [3.8, 4) is 0 Å². The average molecular weight is 490 g/mol. The number of carbonyl (C=O) groups is 4. The van der Waals surface area contributed by atoms with Crippen LogP contribution in [-0.4, -0.2) is 58.6 Å². The first-order chi connectivity index (χ1) is 17.5. The lowest BCUT2D eigenvalue weighted by Gasteiger charge is -2.31. The van der Waals surface area contributed by atoms with E-state index in [1.54, 1.807) is 36.1 Å². The molecule has 1 atom stereocenters. The van der Waals surface area contributed by atoms with Gasteiger partial charge in [0, 0.05) is 25.6 Å². The highest BCUT2D eigenvalue weighted by molar-refractivity contribution is 6.21. The number of nitrogens with one attached hydrogen (secondary N) is 1. The first-order valence-electron chi connectivity index (χ1n) is 13.0. The fourth-order valence-corrected chi connectivity index (χ4v) is 5.11. The zero-order valence-corrected chi connectivity index (χ0v) is 20.9. The number of carbonyl (C=O) groups excluding carboxylic acids is 4. The van der Waals surface area contributed by atoms with Crippen molar-refractivity contribution in [3.05, 3.63) is 71.3 Å². The van der Waals surface area contributed by atoms with Gasteiger partial charge in [0.05, 0.1) is 11.1 Å². The van der Waals surface area contributed by atoms with Gasteiger partial charge >= 0.3 is 0 Å². The van der Waals surface area contributed by atoms with Gasteiger partial charge in [-0.1, -0.05) is 61.7 Å². The second-order valence-electron chi connectivity index (χ2n) is 9.75. The molecule has 1 heterocycles. The molecule has 4 rings (SSSR count). The molecular weight excluding hydrogens is 454 g/mol. The zero-order valence-electron chi connectivity index (χ0n) is 20.9. The van der Waals surface area contributed by atoms with E-state index in [1.807, 2.05) is 30.3 Å². The van der Waals surface area contributed by atoms with Gasteiger partial charge in [-0.3, -0.25) is 24.1 Å². The van der Waals surface area contributed by atoms with Gasteiger partial charge in [-0.25, -0.2) is 0 Å². The monoisotopic (exact) mass is 489 g/mol. The number of hydrogen-bond acceptors (Lipinski definition) is 4. The van der Waals surface area contributed by atoms with Crippen LogP contribution in [0.25, 0.3) is 0 Å². The number of imide groups is 1. The van der Waals surface area contributed by atoms with Gasteiger partial charge in [0.1, 0.15) is 6.04 Å². The Morgan fingerprint density at radius 2 is 1.56 bits per heavy atom. The zero-order chi connectivity index (χ0) is 25.5. The van der Waals surface area contributed by atoms with Gasteiger partial charge in [0.15, 0.2) is 0 Å². The largest absolute Gasteiger partial charge is 0.352 e. The maximum Gasteiger partial charge on any atom is 0.261 e. The number of benzene rings is 2. The lowest BCUT2D eigenvalue weighted by atomic mass is 9.95. The highest BCUT2D eigenvalue weighted by Gasteiger charge is 2.35. The number of hydrogen-bond donors (Lipinski definition) is 1. The lowest BCUT2D eigenvalue weighted by Crippen LogP contribution is -2.51. The van der Waals surface area contributed by atoms with Crippen LogP contribution < -0.4 is 5.32 Å². The quantitative estimate of drug-likeness (QED) is 0.512. The highest BCUT2D eigenvalue weighted by Crippen LogP contribution is 2.23. The van der Waals surface area contributed by atoms with Crippen LogP contribution in [0.2, 0.25) is 0 Å². The van der Waals surface area contributed by atoms with Crippen LogP contribution in [0.4, 0.5) is 0 Å². The maximum absolute atomic E-state index is 13.3. The summed E-state index contributed by atoms with van der Waals surface area (Å²) >= 11 is 0. The summed E-state index contributed by atoms with van der Waals surface area (Å²) in [4.78, 5) is 54.5. The second-order valence-corrected chi connectivity index (χ2v) is 9.75. The van der Waals surface area contributed by atoms with Crippen molar-refractivity contribution in [3.63, 3.8) is 0 Å². The van der Waals surface area contributed by atoms with Gasteiger partial charge in [-0.05, 0) is 50.3 Å². The molecule has 0 spiro atoms. The van der Waals surface area contributed by atoms with Crippen molar-refractivity contribution in [2.24, 2.45) is 0 Å². The van der Waals surface area contributed by atoms with E-state index in [2.05, 4.69) is 5.32 Å². The molecule has 1 aliphatic heterocycles. The minimum atomic E-state index is -0.595. The molecule has 2 aromatic carbocycles. The summed E-state index contributed by atoms with van der Waals surface area (Å²) in [5.74, 6) is -0.897. The molecule has 1 saturated carbocycles. The first-order valence-corrected chi connectivity index (χ1v) is 13.0. The van der Waals surface area contributed by atoms with Gasteiger partial charge < -0.3 is 10.2 Å².